The summed E-state index contributed by atoms with van der Waals surface area (Å²) in [5, 5.41) is 3.38. The number of nitrogens with zero attached hydrogens (tertiary/aromatic N) is 2. The Morgan fingerprint density at radius 3 is 2.40 bits per heavy atom. The van der Waals surface area contributed by atoms with Gasteiger partial charge in [-0.1, -0.05) is 48.5 Å². The molecule has 0 radical (unpaired) electrons. The van der Waals surface area contributed by atoms with Gasteiger partial charge in [0.15, 0.2) is 11.5 Å². The third-order valence-electron chi connectivity index (χ3n) is 5.76. The van der Waals surface area contributed by atoms with Crippen molar-refractivity contribution in [2.24, 2.45) is 0 Å². The average molecular weight is 399 g/mol. The first-order chi connectivity index (χ1) is 14.8. The largest absolute Gasteiger partial charge is 0.452 e. The van der Waals surface area contributed by atoms with Crippen molar-refractivity contribution in [2.75, 3.05) is 42.5 Å². The van der Waals surface area contributed by atoms with Crippen LogP contribution in [0.15, 0.2) is 72.8 Å². The minimum atomic E-state index is -0.0112. The first-order valence-electron chi connectivity index (χ1n) is 10.5. The van der Waals surface area contributed by atoms with Crippen molar-refractivity contribution in [3.63, 3.8) is 0 Å². The van der Waals surface area contributed by atoms with E-state index in [2.05, 4.69) is 28.4 Å². The number of rotatable bonds is 4. The zero-order chi connectivity index (χ0) is 20.3. The lowest BCUT2D eigenvalue weighted by molar-refractivity contribution is 0.0987. The number of fused-ring (bicyclic) bond motifs is 2. The molecule has 5 heteroatoms. The fourth-order valence-electron chi connectivity index (χ4n) is 4.19. The van der Waals surface area contributed by atoms with Gasteiger partial charge < -0.3 is 19.9 Å². The Hall–Kier alpha value is -3.31. The Labute approximate surface area is 176 Å². The minimum absolute atomic E-state index is 0.0112. The van der Waals surface area contributed by atoms with E-state index in [4.69, 9.17) is 4.74 Å². The van der Waals surface area contributed by atoms with Crippen LogP contribution in [0.1, 0.15) is 15.9 Å². The zero-order valence-electron chi connectivity index (χ0n) is 16.9. The SMILES string of the molecule is O=C1c2cccc(N3CCNCC3)c2Oc2ccccc2N1CCc1ccccc1. The molecule has 3 aromatic rings. The summed E-state index contributed by atoms with van der Waals surface area (Å²) >= 11 is 0. The predicted molar refractivity (Wildman–Crippen MR) is 120 cm³/mol. The summed E-state index contributed by atoms with van der Waals surface area (Å²) in [6, 6.07) is 24.0. The topological polar surface area (TPSA) is 44.8 Å². The third kappa shape index (κ3) is 3.53. The third-order valence-corrected chi connectivity index (χ3v) is 5.76. The van der Waals surface area contributed by atoms with Gasteiger partial charge in [0.1, 0.15) is 0 Å². The molecule has 2 aliphatic heterocycles. The molecule has 1 N–H and O–H groups in total. The van der Waals surface area contributed by atoms with Crippen molar-refractivity contribution in [2.45, 2.75) is 6.42 Å². The van der Waals surface area contributed by atoms with Crippen LogP contribution < -0.4 is 19.9 Å². The van der Waals surface area contributed by atoms with E-state index in [0.29, 0.717) is 17.9 Å². The summed E-state index contributed by atoms with van der Waals surface area (Å²) < 4.78 is 6.41. The molecule has 1 fully saturated rings. The Morgan fingerprint density at radius 2 is 1.57 bits per heavy atom. The number of benzene rings is 3. The number of amides is 1. The molecule has 1 saturated heterocycles. The molecule has 0 unspecified atom stereocenters. The second-order valence-electron chi connectivity index (χ2n) is 7.65. The highest BCUT2D eigenvalue weighted by atomic mass is 16.5. The molecule has 152 valence electrons. The second kappa shape index (κ2) is 8.20. The standard InChI is InChI=1S/C25H25N3O2/c29-25-20-9-6-11-22(27-17-14-26-15-18-27)24(20)30-23-12-5-4-10-21(23)28(25)16-13-19-7-2-1-3-8-19/h1-12,26H,13-18H2. The second-order valence-corrected chi connectivity index (χ2v) is 7.65. The van der Waals surface area contributed by atoms with Crippen molar-refractivity contribution < 1.29 is 9.53 Å². The van der Waals surface area contributed by atoms with Crippen LogP contribution >= 0.6 is 0 Å². The van der Waals surface area contributed by atoms with Crippen molar-refractivity contribution >= 4 is 17.3 Å². The van der Waals surface area contributed by atoms with Gasteiger partial charge in [0.2, 0.25) is 0 Å². The van der Waals surface area contributed by atoms with E-state index in [-0.39, 0.29) is 5.91 Å². The van der Waals surface area contributed by atoms with Gasteiger partial charge in [-0.25, -0.2) is 0 Å². The normalized spacial score (nSPS) is 15.8. The number of anilines is 2. The molecule has 30 heavy (non-hydrogen) atoms. The van der Waals surface area contributed by atoms with Gasteiger partial charge in [-0.15, -0.1) is 0 Å². The molecule has 2 aliphatic rings. The fourth-order valence-corrected chi connectivity index (χ4v) is 4.19. The molecule has 0 aliphatic carbocycles. The number of hydrogen-bond acceptors (Lipinski definition) is 4. The number of nitrogens with one attached hydrogen (secondary N) is 1. The van der Waals surface area contributed by atoms with Crippen LogP contribution in [0.2, 0.25) is 0 Å². The number of carbonyl (C=O) groups is 1. The summed E-state index contributed by atoms with van der Waals surface area (Å²) in [5.41, 5.74) is 3.64. The maximum atomic E-state index is 13.7. The molecular formula is C25H25N3O2. The van der Waals surface area contributed by atoms with Crippen LogP contribution in [-0.4, -0.2) is 38.6 Å². The zero-order valence-corrected chi connectivity index (χ0v) is 16.9. The van der Waals surface area contributed by atoms with Gasteiger partial charge in [0.25, 0.3) is 5.91 Å². The maximum Gasteiger partial charge on any atom is 0.262 e. The summed E-state index contributed by atoms with van der Waals surface area (Å²) in [4.78, 5) is 17.8. The quantitative estimate of drug-likeness (QED) is 0.718. The van der Waals surface area contributed by atoms with Gasteiger partial charge in [-0.05, 0) is 36.2 Å². The maximum absolute atomic E-state index is 13.7. The van der Waals surface area contributed by atoms with E-state index in [0.717, 1.165) is 49.7 Å². The highest BCUT2D eigenvalue weighted by Gasteiger charge is 2.30. The Kier molecular flexibility index (Phi) is 5.11. The number of piperazine rings is 1. The number of ether oxygens (including phenoxy) is 1. The van der Waals surface area contributed by atoms with E-state index in [1.165, 1.54) is 5.56 Å². The molecular weight excluding hydrogens is 374 g/mol. The van der Waals surface area contributed by atoms with E-state index in [1.807, 2.05) is 59.5 Å². The lowest BCUT2D eigenvalue weighted by Gasteiger charge is -2.31. The van der Waals surface area contributed by atoms with E-state index < -0.39 is 0 Å². The number of carbonyl (C=O) groups excluding carboxylic acids is 1. The lowest BCUT2D eigenvalue weighted by Crippen LogP contribution is -2.43. The van der Waals surface area contributed by atoms with Crippen LogP contribution in [0.4, 0.5) is 11.4 Å². The van der Waals surface area contributed by atoms with Crippen LogP contribution in [0, 0.1) is 0 Å². The van der Waals surface area contributed by atoms with Crippen LogP contribution in [-0.2, 0) is 6.42 Å². The van der Waals surface area contributed by atoms with Crippen molar-refractivity contribution in [3.8, 4) is 11.5 Å². The van der Waals surface area contributed by atoms with Crippen LogP contribution in [0.3, 0.4) is 0 Å². The molecule has 0 atom stereocenters. The van der Waals surface area contributed by atoms with E-state index >= 15 is 0 Å². The smallest absolute Gasteiger partial charge is 0.262 e. The highest BCUT2D eigenvalue weighted by Crippen LogP contribution is 2.43. The monoisotopic (exact) mass is 399 g/mol. The molecule has 1 amide bonds. The van der Waals surface area contributed by atoms with Crippen molar-refractivity contribution in [1.29, 1.82) is 0 Å². The summed E-state index contributed by atoms with van der Waals surface area (Å²) in [7, 11) is 0. The summed E-state index contributed by atoms with van der Waals surface area (Å²) in [5.74, 6) is 1.38. The molecule has 0 saturated carbocycles. The molecule has 5 nitrogen and oxygen atoms in total. The van der Waals surface area contributed by atoms with Gasteiger partial charge in [0.05, 0.1) is 16.9 Å². The summed E-state index contributed by atoms with van der Waals surface area (Å²) in [6.45, 7) is 4.25. The van der Waals surface area contributed by atoms with E-state index in [9.17, 15) is 4.79 Å². The van der Waals surface area contributed by atoms with Gasteiger partial charge >= 0.3 is 0 Å². The van der Waals surface area contributed by atoms with E-state index in [1.54, 1.807) is 0 Å². The number of para-hydroxylation sites is 3. The highest BCUT2D eigenvalue weighted by molar-refractivity contribution is 6.10. The Bertz CT molecular complexity index is 1050. The molecule has 3 aromatic carbocycles. The Balaban J connectivity index is 1.54. The average Bonchev–Trinajstić information content (AvgIpc) is 2.93. The Morgan fingerprint density at radius 1 is 0.833 bits per heavy atom. The molecule has 0 aromatic heterocycles. The summed E-state index contributed by atoms with van der Waals surface area (Å²) in [6.07, 6.45) is 0.785. The molecule has 0 bridgehead atoms. The molecule has 2 heterocycles. The van der Waals surface area contributed by atoms with Crippen LogP contribution in [0.25, 0.3) is 0 Å². The minimum Gasteiger partial charge on any atom is -0.452 e. The number of hydrogen-bond donors (Lipinski definition) is 1. The lowest BCUT2D eigenvalue weighted by atomic mass is 10.1. The first kappa shape index (κ1) is 18.7. The van der Waals surface area contributed by atoms with Crippen molar-refractivity contribution in [1.82, 2.24) is 5.32 Å². The predicted octanol–water partition coefficient (Wildman–Crippen LogP) is 4.09. The van der Waals surface area contributed by atoms with Gasteiger partial charge in [0, 0.05) is 32.7 Å². The van der Waals surface area contributed by atoms with Gasteiger partial charge in [-0.2, -0.15) is 0 Å². The first-order valence-corrected chi connectivity index (χ1v) is 10.5. The molecule has 0 spiro atoms. The fraction of sp³-hybridized carbons (Fsp3) is 0.240. The van der Waals surface area contributed by atoms with Crippen LogP contribution in [0.5, 0.6) is 11.5 Å². The van der Waals surface area contributed by atoms with Crippen molar-refractivity contribution in [3.05, 3.63) is 83.9 Å². The molecule has 5 rings (SSSR count). The van der Waals surface area contributed by atoms with Gasteiger partial charge in [-0.3, -0.25) is 4.79 Å².